The van der Waals surface area contributed by atoms with Crippen LogP contribution in [0.15, 0.2) is 22.8 Å². The maximum atomic E-state index is 11.7. The number of nitrogens with zero attached hydrogens (tertiary/aromatic N) is 1. The zero-order valence-electron chi connectivity index (χ0n) is 11.0. The summed E-state index contributed by atoms with van der Waals surface area (Å²) in [6.45, 7) is 6.36. The minimum absolute atomic E-state index is 0.120. The predicted molar refractivity (Wildman–Crippen MR) is 70.5 cm³/mol. The zero-order valence-corrected chi connectivity index (χ0v) is 11.0. The lowest BCUT2D eigenvalue weighted by atomic mass is 10.1. The van der Waals surface area contributed by atoms with Crippen molar-refractivity contribution < 1.29 is 9.21 Å². The quantitative estimate of drug-likeness (QED) is 0.870. The molecule has 1 aromatic heterocycles. The number of carbonyl (C=O) groups is 1. The summed E-state index contributed by atoms with van der Waals surface area (Å²) in [7, 11) is 0. The largest absolute Gasteiger partial charge is 0.459 e. The summed E-state index contributed by atoms with van der Waals surface area (Å²) in [5.41, 5.74) is 0. The summed E-state index contributed by atoms with van der Waals surface area (Å²) in [5.74, 6) is 0.743. The Morgan fingerprint density at radius 3 is 2.89 bits per heavy atom. The molecule has 1 amide bonds. The van der Waals surface area contributed by atoms with Gasteiger partial charge in [-0.25, -0.2) is 0 Å². The van der Waals surface area contributed by atoms with Crippen LogP contribution in [-0.4, -0.2) is 37.0 Å². The lowest BCUT2D eigenvalue weighted by molar-refractivity contribution is 0.0915. The Kier molecular flexibility index (Phi) is 4.81. The number of hydrogen-bond acceptors (Lipinski definition) is 3. The third-order valence-electron chi connectivity index (χ3n) is 3.37. The van der Waals surface area contributed by atoms with E-state index in [2.05, 4.69) is 17.1 Å². The molecule has 1 aliphatic rings. The second kappa shape index (κ2) is 6.59. The summed E-state index contributed by atoms with van der Waals surface area (Å²) < 4.78 is 5.06. The molecule has 2 rings (SSSR count). The Balaban J connectivity index is 1.68. The SMILES string of the molecule is CC(CNC(=O)c1ccco1)CN1CCCCC1. The summed E-state index contributed by atoms with van der Waals surface area (Å²) in [4.78, 5) is 14.2. The highest BCUT2D eigenvalue weighted by molar-refractivity contribution is 5.91. The Bertz CT molecular complexity index is 356. The van der Waals surface area contributed by atoms with E-state index in [1.165, 1.54) is 38.6 Å². The van der Waals surface area contributed by atoms with Gasteiger partial charge in [0, 0.05) is 13.1 Å². The van der Waals surface area contributed by atoms with Crippen LogP contribution in [0.25, 0.3) is 0 Å². The van der Waals surface area contributed by atoms with Gasteiger partial charge in [0.25, 0.3) is 5.91 Å². The van der Waals surface area contributed by atoms with Crippen molar-refractivity contribution in [1.29, 1.82) is 0 Å². The highest BCUT2D eigenvalue weighted by atomic mass is 16.3. The molecule has 1 N–H and O–H groups in total. The first-order valence-corrected chi connectivity index (χ1v) is 6.80. The van der Waals surface area contributed by atoms with E-state index in [4.69, 9.17) is 4.42 Å². The third kappa shape index (κ3) is 3.88. The van der Waals surface area contributed by atoms with Crippen molar-refractivity contribution in [3.63, 3.8) is 0 Å². The molecule has 1 saturated heterocycles. The fourth-order valence-corrected chi connectivity index (χ4v) is 2.41. The molecule has 1 aromatic rings. The second-order valence-electron chi connectivity index (χ2n) is 5.15. The van der Waals surface area contributed by atoms with Crippen LogP contribution < -0.4 is 5.32 Å². The van der Waals surface area contributed by atoms with Crippen molar-refractivity contribution in [2.75, 3.05) is 26.2 Å². The predicted octanol–water partition coefficient (Wildman–Crippen LogP) is 2.13. The molecule has 0 aromatic carbocycles. The van der Waals surface area contributed by atoms with Crippen LogP contribution in [-0.2, 0) is 0 Å². The van der Waals surface area contributed by atoms with Crippen LogP contribution in [0.5, 0.6) is 0 Å². The number of amides is 1. The summed E-state index contributed by atoms with van der Waals surface area (Å²) >= 11 is 0. The smallest absolute Gasteiger partial charge is 0.286 e. The molecule has 2 heterocycles. The van der Waals surface area contributed by atoms with E-state index in [1.807, 2.05) is 0 Å². The maximum Gasteiger partial charge on any atom is 0.286 e. The van der Waals surface area contributed by atoms with Crippen molar-refractivity contribution in [1.82, 2.24) is 10.2 Å². The van der Waals surface area contributed by atoms with Crippen LogP contribution in [0, 0.1) is 5.92 Å². The third-order valence-corrected chi connectivity index (χ3v) is 3.37. The molecule has 100 valence electrons. The van der Waals surface area contributed by atoms with Gasteiger partial charge in [-0.3, -0.25) is 4.79 Å². The van der Waals surface area contributed by atoms with Crippen LogP contribution in [0.4, 0.5) is 0 Å². The van der Waals surface area contributed by atoms with Crippen molar-refractivity contribution in [3.05, 3.63) is 24.2 Å². The van der Waals surface area contributed by atoms with Gasteiger partial charge in [-0.1, -0.05) is 13.3 Å². The van der Waals surface area contributed by atoms with Gasteiger partial charge in [0.2, 0.25) is 0 Å². The average Bonchev–Trinajstić information content (AvgIpc) is 2.91. The number of piperidine rings is 1. The van der Waals surface area contributed by atoms with Crippen LogP contribution in [0.2, 0.25) is 0 Å². The number of hydrogen-bond donors (Lipinski definition) is 1. The molecule has 0 aliphatic carbocycles. The first-order valence-electron chi connectivity index (χ1n) is 6.80. The highest BCUT2D eigenvalue weighted by Crippen LogP contribution is 2.10. The number of likely N-dealkylation sites (tertiary alicyclic amines) is 1. The van der Waals surface area contributed by atoms with E-state index >= 15 is 0 Å². The molecule has 4 nitrogen and oxygen atoms in total. The van der Waals surface area contributed by atoms with Crippen molar-refractivity contribution in [3.8, 4) is 0 Å². The first kappa shape index (κ1) is 13.1. The van der Waals surface area contributed by atoms with Gasteiger partial charge in [-0.05, 0) is 44.0 Å². The highest BCUT2D eigenvalue weighted by Gasteiger charge is 2.15. The fourth-order valence-electron chi connectivity index (χ4n) is 2.41. The van der Waals surface area contributed by atoms with Gasteiger partial charge < -0.3 is 14.6 Å². The van der Waals surface area contributed by atoms with Crippen molar-refractivity contribution >= 4 is 5.91 Å². The standard InChI is InChI=1S/C14H22N2O2/c1-12(11-16-7-3-2-4-8-16)10-15-14(17)13-6-5-9-18-13/h5-6,9,12H,2-4,7-8,10-11H2,1H3,(H,15,17). The van der Waals surface area contributed by atoms with Crippen LogP contribution >= 0.6 is 0 Å². The average molecular weight is 250 g/mol. The molecule has 1 aliphatic heterocycles. The summed E-state index contributed by atoms with van der Waals surface area (Å²) in [6.07, 6.45) is 5.50. The van der Waals surface area contributed by atoms with E-state index in [0.29, 0.717) is 18.2 Å². The summed E-state index contributed by atoms with van der Waals surface area (Å²) in [6, 6.07) is 3.41. The van der Waals surface area contributed by atoms with Crippen molar-refractivity contribution in [2.24, 2.45) is 5.92 Å². The molecular weight excluding hydrogens is 228 g/mol. The van der Waals surface area contributed by atoms with Crippen molar-refractivity contribution in [2.45, 2.75) is 26.2 Å². The zero-order chi connectivity index (χ0) is 12.8. The molecule has 0 bridgehead atoms. The molecule has 0 radical (unpaired) electrons. The molecule has 18 heavy (non-hydrogen) atoms. The van der Waals surface area contributed by atoms with E-state index in [0.717, 1.165) is 6.54 Å². The Morgan fingerprint density at radius 1 is 1.44 bits per heavy atom. The molecule has 1 fully saturated rings. The minimum atomic E-state index is -0.120. The Morgan fingerprint density at radius 2 is 2.22 bits per heavy atom. The monoisotopic (exact) mass is 250 g/mol. The number of nitrogens with one attached hydrogen (secondary N) is 1. The van der Waals surface area contributed by atoms with E-state index in [-0.39, 0.29) is 5.91 Å². The van der Waals surface area contributed by atoms with Gasteiger partial charge >= 0.3 is 0 Å². The van der Waals surface area contributed by atoms with Gasteiger partial charge in [0.1, 0.15) is 0 Å². The van der Waals surface area contributed by atoms with Gasteiger partial charge in [0.05, 0.1) is 6.26 Å². The molecule has 4 heteroatoms. The maximum absolute atomic E-state index is 11.7. The number of carbonyl (C=O) groups excluding carboxylic acids is 1. The first-order chi connectivity index (χ1) is 8.75. The lowest BCUT2D eigenvalue weighted by Crippen LogP contribution is -2.37. The van der Waals surface area contributed by atoms with E-state index in [1.54, 1.807) is 12.1 Å². The topological polar surface area (TPSA) is 45.5 Å². The lowest BCUT2D eigenvalue weighted by Gasteiger charge is -2.29. The second-order valence-corrected chi connectivity index (χ2v) is 5.15. The molecule has 1 unspecified atom stereocenters. The van der Waals surface area contributed by atoms with Crippen LogP contribution in [0.3, 0.4) is 0 Å². The molecule has 0 spiro atoms. The molecule has 0 saturated carbocycles. The van der Waals surface area contributed by atoms with E-state index in [9.17, 15) is 4.79 Å². The van der Waals surface area contributed by atoms with E-state index < -0.39 is 0 Å². The van der Waals surface area contributed by atoms with Gasteiger partial charge in [-0.15, -0.1) is 0 Å². The van der Waals surface area contributed by atoms with Crippen LogP contribution in [0.1, 0.15) is 36.7 Å². The molecular formula is C14H22N2O2. The Labute approximate surface area is 108 Å². The number of rotatable bonds is 5. The normalized spacial score (nSPS) is 18.5. The number of furan rings is 1. The molecule has 1 atom stereocenters. The summed E-state index contributed by atoms with van der Waals surface area (Å²) in [5, 5.41) is 2.92. The minimum Gasteiger partial charge on any atom is -0.459 e. The van der Waals surface area contributed by atoms with Gasteiger partial charge in [-0.2, -0.15) is 0 Å². The Hall–Kier alpha value is -1.29. The van der Waals surface area contributed by atoms with Gasteiger partial charge in [0.15, 0.2) is 5.76 Å². The fraction of sp³-hybridized carbons (Fsp3) is 0.643.